The molecule has 19 heavy (non-hydrogen) atoms. The maximum Gasteiger partial charge on any atom is 0.226 e. The van der Waals surface area contributed by atoms with Gasteiger partial charge >= 0.3 is 0 Å². The zero-order valence-electron chi connectivity index (χ0n) is 12.3. The van der Waals surface area contributed by atoms with E-state index >= 15 is 0 Å². The monoisotopic (exact) mass is 262 g/mol. The lowest BCUT2D eigenvalue weighted by molar-refractivity contribution is -0.128. The molecule has 0 aliphatic heterocycles. The van der Waals surface area contributed by atoms with Gasteiger partial charge in [-0.2, -0.15) is 0 Å². The first-order valence-corrected chi connectivity index (χ1v) is 7.03. The van der Waals surface area contributed by atoms with E-state index in [9.17, 15) is 4.79 Å². The lowest BCUT2D eigenvalue weighted by atomic mass is 9.92. The molecule has 0 spiro atoms. The topological polar surface area (TPSA) is 41.1 Å². The van der Waals surface area contributed by atoms with Crippen molar-refractivity contribution in [2.45, 2.75) is 33.1 Å². The van der Waals surface area contributed by atoms with E-state index in [-0.39, 0.29) is 11.3 Å². The summed E-state index contributed by atoms with van der Waals surface area (Å²) in [6, 6.07) is 10.6. The normalized spacial score (nSPS) is 11.3. The summed E-state index contributed by atoms with van der Waals surface area (Å²) in [6.07, 6.45) is 3.44. The minimum atomic E-state index is -0.339. The molecule has 0 aromatic heterocycles. The summed E-state index contributed by atoms with van der Waals surface area (Å²) < 4.78 is 0. The second-order valence-electron chi connectivity index (χ2n) is 5.58. The minimum absolute atomic E-state index is 0.0873. The Hall–Kier alpha value is -1.35. The Morgan fingerprint density at radius 2 is 1.84 bits per heavy atom. The van der Waals surface area contributed by atoms with Gasteiger partial charge in [0.15, 0.2) is 0 Å². The molecule has 0 saturated heterocycles. The maximum absolute atomic E-state index is 11.6. The lowest BCUT2D eigenvalue weighted by Gasteiger charge is -2.22. The molecule has 0 unspecified atom stereocenters. The smallest absolute Gasteiger partial charge is 0.226 e. The fraction of sp³-hybridized carbons (Fsp3) is 0.562. The molecule has 3 heteroatoms. The van der Waals surface area contributed by atoms with Gasteiger partial charge in [-0.15, -0.1) is 0 Å². The second-order valence-corrected chi connectivity index (χ2v) is 5.58. The van der Waals surface area contributed by atoms with Gasteiger partial charge in [0.2, 0.25) is 5.91 Å². The van der Waals surface area contributed by atoms with Crippen LogP contribution in [0.25, 0.3) is 0 Å². The first-order chi connectivity index (χ1) is 9.06. The van der Waals surface area contributed by atoms with Crippen LogP contribution in [0, 0.1) is 5.41 Å². The molecule has 1 aromatic rings. The third-order valence-corrected chi connectivity index (χ3v) is 3.32. The van der Waals surface area contributed by atoms with E-state index in [4.69, 9.17) is 0 Å². The summed E-state index contributed by atoms with van der Waals surface area (Å²) in [5.74, 6) is 0.0873. The summed E-state index contributed by atoms with van der Waals surface area (Å²) in [5.41, 5.74) is 1.06. The van der Waals surface area contributed by atoms with Crippen LogP contribution in [0.5, 0.6) is 0 Å². The van der Waals surface area contributed by atoms with E-state index < -0.39 is 0 Å². The van der Waals surface area contributed by atoms with Crippen molar-refractivity contribution in [2.75, 3.05) is 20.1 Å². The maximum atomic E-state index is 11.6. The molecular weight excluding hydrogens is 236 g/mol. The molecule has 0 aliphatic rings. The molecule has 1 amide bonds. The van der Waals surface area contributed by atoms with Crippen molar-refractivity contribution in [3.05, 3.63) is 35.9 Å². The highest BCUT2D eigenvalue weighted by Crippen LogP contribution is 2.13. The number of hydrogen-bond acceptors (Lipinski definition) is 2. The van der Waals surface area contributed by atoms with Crippen molar-refractivity contribution >= 4 is 5.91 Å². The number of carbonyl (C=O) groups excluding carboxylic acids is 1. The summed E-state index contributed by atoms with van der Waals surface area (Å²) in [4.78, 5) is 11.6. The molecule has 0 aliphatic carbocycles. The van der Waals surface area contributed by atoms with Gasteiger partial charge in [-0.05, 0) is 45.2 Å². The Balaban J connectivity index is 2.10. The molecule has 2 N–H and O–H groups in total. The summed E-state index contributed by atoms with van der Waals surface area (Å²) in [5, 5.41) is 6.07. The van der Waals surface area contributed by atoms with Gasteiger partial charge in [0.25, 0.3) is 0 Å². The molecule has 1 rings (SSSR count). The Kier molecular flexibility index (Phi) is 6.57. The second kappa shape index (κ2) is 7.95. The van der Waals surface area contributed by atoms with Gasteiger partial charge in [-0.25, -0.2) is 0 Å². The highest BCUT2D eigenvalue weighted by Gasteiger charge is 2.25. The third kappa shape index (κ3) is 5.88. The predicted octanol–water partition coefficient (Wildman–Crippen LogP) is 2.37. The Labute approximate surface area is 116 Å². The van der Waals surface area contributed by atoms with Gasteiger partial charge in [-0.1, -0.05) is 30.3 Å². The lowest BCUT2D eigenvalue weighted by Crippen LogP contribution is -2.42. The van der Waals surface area contributed by atoms with E-state index in [1.54, 1.807) is 7.05 Å². The van der Waals surface area contributed by atoms with Crippen LogP contribution in [-0.2, 0) is 11.2 Å². The number of benzene rings is 1. The molecule has 0 atom stereocenters. The predicted molar refractivity (Wildman–Crippen MR) is 80.1 cm³/mol. The summed E-state index contributed by atoms with van der Waals surface area (Å²) >= 11 is 0. The molecule has 3 nitrogen and oxygen atoms in total. The van der Waals surface area contributed by atoms with Crippen molar-refractivity contribution in [2.24, 2.45) is 5.41 Å². The van der Waals surface area contributed by atoms with Crippen molar-refractivity contribution in [1.29, 1.82) is 0 Å². The first kappa shape index (κ1) is 15.7. The molecule has 106 valence electrons. The van der Waals surface area contributed by atoms with E-state index in [0.717, 1.165) is 25.9 Å². The van der Waals surface area contributed by atoms with E-state index in [2.05, 4.69) is 34.9 Å². The van der Waals surface area contributed by atoms with Gasteiger partial charge in [-0.3, -0.25) is 4.79 Å². The van der Waals surface area contributed by atoms with Gasteiger partial charge in [0.1, 0.15) is 0 Å². The molecule has 0 radical (unpaired) electrons. The quantitative estimate of drug-likeness (QED) is 0.706. The van der Waals surface area contributed by atoms with Crippen LogP contribution in [0.15, 0.2) is 30.3 Å². The standard InChI is InChI=1S/C16H26N2O/c1-16(2,15(19)17-3)13-18-12-8-7-11-14-9-5-4-6-10-14/h4-6,9-10,18H,7-8,11-13H2,1-3H3,(H,17,19). The van der Waals surface area contributed by atoms with Crippen LogP contribution >= 0.6 is 0 Å². The van der Waals surface area contributed by atoms with Gasteiger partial charge in [0, 0.05) is 13.6 Å². The van der Waals surface area contributed by atoms with Crippen LogP contribution in [0.1, 0.15) is 32.3 Å². The molecule has 0 saturated carbocycles. The highest BCUT2D eigenvalue weighted by molar-refractivity contribution is 5.81. The number of aryl methyl sites for hydroxylation is 1. The van der Waals surface area contributed by atoms with Crippen molar-refractivity contribution < 1.29 is 4.79 Å². The van der Waals surface area contributed by atoms with Crippen LogP contribution in [0.4, 0.5) is 0 Å². The van der Waals surface area contributed by atoms with E-state index in [1.165, 1.54) is 12.0 Å². The van der Waals surface area contributed by atoms with Crippen LogP contribution < -0.4 is 10.6 Å². The molecule has 0 heterocycles. The summed E-state index contributed by atoms with van der Waals surface area (Å²) in [6.45, 7) is 5.61. The SMILES string of the molecule is CNC(=O)C(C)(C)CNCCCCc1ccccc1. The molecular formula is C16H26N2O. The number of carbonyl (C=O) groups is 1. The van der Waals surface area contributed by atoms with E-state index in [0.29, 0.717) is 0 Å². The Morgan fingerprint density at radius 1 is 1.16 bits per heavy atom. The third-order valence-electron chi connectivity index (χ3n) is 3.32. The van der Waals surface area contributed by atoms with Crippen LogP contribution in [-0.4, -0.2) is 26.0 Å². The van der Waals surface area contributed by atoms with Crippen molar-refractivity contribution in [1.82, 2.24) is 10.6 Å². The van der Waals surface area contributed by atoms with Crippen molar-refractivity contribution in [3.63, 3.8) is 0 Å². The Morgan fingerprint density at radius 3 is 2.47 bits per heavy atom. The number of hydrogen-bond donors (Lipinski definition) is 2. The van der Waals surface area contributed by atoms with Gasteiger partial charge in [0.05, 0.1) is 5.41 Å². The molecule has 0 fully saturated rings. The van der Waals surface area contributed by atoms with E-state index in [1.807, 2.05) is 19.9 Å². The fourth-order valence-corrected chi connectivity index (χ4v) is 2.04. The molecule has 0 bridgehead atoms. The molecule has 1 aromatic carbocycles. The number of rotatable bonds is 8. The average Bonchev–Trinajstić information content (AvgIpc) is 2.42. The zero-order valence-corrected chi connectivity index (χ0v) is 12.3. The summed E-state index contributed by atoms with van der Waals surface area (Å²) in [7, 11) is 1.68. The Bertz CT molecular complexity index is 374. The van der Waals surface area contributed by atoms with Crippen molar-refractivity contribution in [3.8, 4) is 0 Å². The number of amides is 1. The van der Waals surface area contributed by atoms with Gasteiger partial charge < -0.3 is 10.6 Å². The average molecular weight is 262 g/mol. The first-order valence-electron chi connectivity index (χ1n) is 7.03. The fourth-order valence-electron chi connectivity index (χ4n) is 2.04. The van der Waals surface area contributed by atoms with Crippen LogP contribution in [0.2, 0.25) is 0 Å². The highest BCUT2D eigenvalue weighted by atomic mass is 16.2. The number of unbranched alkanes of at least 4 members (excludes halogenated alkanes) is 1. The zero-order chi connectivity index (χ0) is 14.1. The number of nitrogens with one attached hydrogen (secondary N) is 2. The minimum Gasteiger partial charge on any atom is -0.359 e. The largest absolute Gasteiger partial charge is 0.359 e. The van der Waals surface area contributed by atoms with Crippen LogP contribution in [0.3, 0.4) is 0 Å².